The monoisotopic (exact) mass is 371 g/mol. The maximum absolute atomic E-state index is 5.54. The van der Waals surface area contributed by atoms with Gasteiger partial charge in [-0.1, -0.05) is 24.3 Å². The molecule has 0 radical (unpaired) electrons. The molecule has 2 N–H and O–H groups in total. The Hall–Kier alpha value is -3.87. The minimum absolute atomic E-state index is 0.610. The molecular formula is C21H17N5O2. The fourth-order valence-electron chi connectivity index (χ4n) is 3.34. The highest BCUT2D eigenvalue weighted by molar-refractivity contribution is 5.99. The molecule has 7 heteroatoms. The molecule has 3 heterocycles. The van der Waals surface area contributed by atoms with Gasteiger partial charge < -0.3 is 14.5 Å². The van der Waals surface area contributed by atoms with Crippen LogP contribution in [0.3, 0.4) is 0 Å². The highest BCUT2D eigenvalue weighted by atomic mass is 16.5. The first-order valence-electron chi connectivity index (χ1n) is 8.87. The average Bonchev–Trinajstić information content (AvgIpc) is 3.49. The van der Waals surface area contributed by atoms with Gasteiger partial charge in [-0.2, -0.15) is 5.10 Å². The summed E-state index contributed by atoms with van der Waals surface area (Å²) in [4.78, 5) is 8.75. The summed E-state index contributed by atoms with van der Waals surface area (Å²) in [6, 6.07) is 7.83. The third kappa shape index (κ3) is 2.73. The molecule has 0 amide bonds. The van der Waals surface area contributed by atoms with Crippen LogP contribution in [0.25, 0.3) is 27.7 Å². The molecule has 7 nitrogen and oxygen atoms in total. The number of methoxy groups -OCH3 is 1. The van der Waals surface area contributed by atoms with Gasteiger partial charge in [-0.05, 0) is 35.8 Å². The highest BCUT2D eigenvalue weighted by Gasteiger charge is 2.17. The first kappa shape index (κ1) is 16.3. The zero-order valence-corrected chi connectivity index (χ0v) is 15.1. The standard InChI is InChI=1S/C21H17N5O2/c1-27-17-7-6-14(15-8-9-28-11-15)10-16(17)24-20-18-19(13-4-2-3-5-13)25-26-21(18)23-12-22-20/h2,4-12H,3H2,1H3,(H2,22,23,24,25,26). The van der Waals surface area contributed by atoms with Crippen molar-refractivity contribution in [2.24, 2.45) is 0 Å². The molecule has 0 bridgehead atoms. The summed E-state index contributed by atoms with van der Waals surface area (Å²) in [5, 5.41) is 11.7. The lowest BCUT2D eigenvalue weighted by Crippen LogP contribution is -1.99. The third-order valence-corrected chi connectivity index (χ3v) is 4.72. The first-order valence-corrected chi connectivity index (χ1v) is 8.87. The molecule has 1 aliphatic carbocycles. The molecule has 138 valence electrons. The van der Waals surface area contributed by atoms with E-state index in [4.69, 9.17) is 9.15 Å². The van der Waals surface area contributed by atoms with E-state index in [9.17, 15) is 0 Å². The van der Waals surface area contributed by atoms with E-state index in [2.05, 4.69) is 43.7 Å². The lowest BCUT2D eigenvalue weighted by atomic mass is 10.1. The minimum atomic E-state index is 0.610. The molecule has 1 aliphatic rings. The van der Waals surface area contributed by atoms with Gasteiger partial charge in [0.15, 0.2) is 5.65 Å². The van der Waals surface area contributed by atoms with Gasteiger partial charge >= 0.3 is 0 Å². The van der Waals surface area contributed by atoms with Crippen molar-refractivity contribution in [3.63, 3.8) is 0 Å². The average molecular weight is 371 g/mol. The smallest absolute Gasteiger partial charge is 0.186 e. The molecule has 4 aromatic rings. The largest absolute Gasteiger partial charge is 0.495 e. The third-order valence-electron chi connectivity index (χ3n) is 4.72. The maximum atomic E-state index is 5.54. The van der Waals surface area contributed by atoms with Gasteiger partial charge in [0.25, 0.3) is 0 Å². The number of aromatic nitrogens is 4. The molecule has 1 aromatic carbocycles. The number of H-pyrrole nitrogens is 1. The van der Waals surface area contributed by atoms with Gasteiger partial charge in [0, 0.05) is 5.56 Å². The van der Waals surface area contributed by atoms with Crippen LogP contribution in [-0.2, 0) is 0 Å². The lowest BCUT2D eigenvalue weighted by Gasteiger charge is -2.13. The molecule has 0 spiro atoms. The van der Waals surface area contributed by atoms with Gasteiger partial charge in [-0.25, -0.2) is 9.97 Å². The fourth-order valence-corrected chi connectivity index (χ4v) is 3.34. The Bertz CT molecular complexity index is 1210. The van der Waals surface area contributed by atoms with E-state index >= 15 is 0 Å². The first-order chi connectivity index (χ1) is 13.8. The van der Waals surface area contributed by atoms with Crippen molar-refractivity contribution in [2.45, 2.75) is 6.42 Å². The highest BCUT2D eigenvalue weighted by Crippen LogP contribution is 2.36. The van der Waals surface area contributed by atoms with Crippen molar-refractivity contribution < 1.29 is 9.15 Å². The molecule has 0 saturated heterocycles. The Kier molecular flexibility index (Phi) is 3.90. The summed E-state index contributed by atoms with van der Waals surface area (Å²) >= 11 is 0. The second kappa shape index (κ2) is 6.70. The number of hydrogen-bond acceptors (Lipinski definition) is 6. The molecule has 3 aromatic heterocycles. The number of anilines is 2. The van der Waals surface area contributed by atoms with Gasteiger partial charge in [0.2, 0.25) is 0 Å². The van der Waals surface area contributed by atoms with Crippen LogP contribution < -0.4 is 10.1 Å². The van der Waals surface area contributed by atoms with E-state index in [-0.39, 0.29) is 0 Å². The van der Waals surface area contributed by atoms with Crippen LogP contribution in [0.15, 0.2) is 65.8 Å². The summed E-state index contributed by atoms with van der Waals surface area (Å²) in [7, 11) is 1.64. The number of rotatable bonds is 5. The van der Waals surface area contributed by atoms with Crippen LogP contribution in [0.4, 0.5) is 11.5 Å². The van der Waals surface area contributed by atoms with Crippen LogP contribution in [0.5, 0.6) is 5.75 Å². The fraction of sp³-hybridized carbons (Fsp3) is 0.0952. The van der Waals surface area contributed by atoms with E-state index < -0.39 is 0 Å². The normalized spacial score (nSPS) is 13.1. The number of ether oxygens (including phenoxy) is 1. The summed E-state index contributed by atoms with van der Waals surface area (Å²) < 4.78 is 10.7. The van der Waals surface area contributed by atoms with Gasteiger partial charge in [-0.15, -0.1) is 0 Å². The van der Waals surface area contributed by atoms with Crippen molar-refractivity contribution in [3.8, 4) is 16.9 Å². The van der Waals surface area contributed by atoms with Crippen LogP contribution in [-0.4, -0.2) is 27.3 Å². The number of fused-ring (bicyclic) bond motifs is 1. The van der Waals surface area contributed by atoms with Crippen LogP contribution in [0, 0.1) is 0 Å². The number of allylic oxidation sites excluding steroid dienone is 4. The Morgan fingerprint density at radius 1 is 1.18 bits per heavy atom. The Morgan fingerprint density at radius 3 is 2.93 bits per heavy atom. The van der Waals surface area contributed by atoms with Crippen molar-refractivity contribution >= 4 is 28.1 Å². The van der Waals surface area contributed by atoms with E-state index in [1.165, 1.54) is 6.33 Å². The SMILES string of the molecule is COc1ccc(-c2ccoc2)cc1Nc1ncnc2n[nH]c(C3=CCC=C3)c12. The van der Waals surface area contributed by atoms with Crippen molar-refractivity contribution in [1.29, 1.82) is 0 Å². The summed E-state index contributed by atoms with van der Waals surface area (Å²) in [5.74, 6) is 1.38. The molecule has 0 atom stereocenters. The number of benzene rings is 1. The number of furan rings is 1. The van der Waals surface area contributed by atoms with E-state index in [1.807, 2.05) is 24.3 Å². The number of aromatic amines is 1. The Balaban J connectivity index is 1.61. The zero-order chi connectivity index (χ0) is 18.9. The van der Waals surface area contributed by atoms with Gasteiger partial charge in [0.1, 0.15) is 17.9 Å². The van der Waals surface area contributed by atoms with Crippen LogP contribution in [0.1, 0.15) is 12.1 Å². The number of nitrogens with zero attached hydrogens (tertiary/aromatic N) is 3. The van der Waals surface area contributed by atoms with E-state index in [0.29, 0.717) is 17.2 Å². The topological polar surface area (TPSA) is 88.9 Å². The lowest BCUT2D eigenvalue weighted by molar-refractivity contribution is 0.417. The van der Waals surface area contributed by atoms with E-state index in [1.54, 1.807) is 19.6 Å². The summed E-state index contributed by atoms with van der Waals surface area (Å²) in [5.41, 5.74) is 5.39. The molecule has 0 saturated carbocycles. The molecule has 0 fully saturated rings. The molecule has 0 unspecified atom stereocenters. The molecule has 28 heavy (non-hydrogen) atoms. The molecule has 5 rings (SSSR count). The molecular weight excluding hydrogens is 354 g/mol. The zero-order valence-electron chi connectivity index (χ0n) is 15.1. The van der Waals surface area contributed by atoms with E-state index in [0.717, 1.165) is 39.9 Å². The van der Waals surface area contributed by atoms with Crippen LogP contribution >= 0.6 is 0 Å². The molecule has 0 aliphatic heterocycles. The van der Waals surface area contributed by atoms with Gasteiger partial charge in [-0.3, -0.25) is 5.10 Å². The van der Waals surface area contributed by atoms with Crippen molar-refractivity contribution in [1.82, 2.24) is 20.2 Å². The maximum Gasteiger partial charge on any atom is 0.186 e. The number of nitrogens with one attached hydrogen (secondary N) is 2. The van der Waals surface area contributed by atoms with Gasteiger partial charge in [0.05, 0.1) is 36.4 Å². The Morgan fingerprint density at radius 2 is 2.14 bits per heavy atom. The summed E-state index contributed by atoms with van der Waals surface area (Å²) in [6.07, 6.45) is 12.1. The predicted molar refractivity (Wildman–Crippen MR) is 107 cm³/mol. The number of hydrogen-bond donors (Lipinski definition) is 2. The van der Waals surface area contributed by atoms with Crippen molar-refractivity contribution in [3.05, 3.63) is 67.0 Å². The van der Waals surface area contributed by atoms with Crippen LogP contribution in [0.2, 0.25) is 0 Å². The predicted octanol–water partition coefficient (Wildman–Crippen LogP) is 4.71. The second-order valence-electron chi connectivity index (χ2n) is 6.37. The Labute approximate surface area is 160 Å². The minimum Gasteiger partial charge on any atom is -0.495 e. The van der Waals surface area contributed by atoms with Crippen molar-refractivity contribution in [2.75, 3.05) is 12.4 Å². The summed E-state index contributed by atoms with van der Waals surface area (Å²) in [6.45, 7) is 0. The second-order valence-corrected chi connectivity index (χ2v) is 6.37. The quantitative estimate of drug-likeness (QED) is 0.528.